The molecule has 2 amide bonds. The summed E-state index contributed by atoms with van der Waals surface area (Å²) in [6.45, 7) is 1.64. The van der Waals surface area contributed by atoms with Crippen LogP contribution < -0.4 is 5.32 Å². The van der Waals surface area contributed by atoms with Gasteiger partial charge in [-0.3, -0.25) is 9.59 Å². The number of piperidine rings is 1. The van der Waals surface area contributed by atoms with E-state index >= 15 is 0 Å². The predicted octanol–water partition coefficient (Wildman–Crippen LogP) is 5.20. The summed E-state index contributed by atoms with van der Waals surface area (Å²) in [4.78, 5) is 27.0. The van der Waals surface area contributed by atoms with E-state index in [1.165, 1.54) is 5.56 Å². The number of hydrogen-bond donors (Lipinski definition) is 1. The van der Waals surface area contributed by atoms with Crippen LogP contribution in [-0.2, 0) is 22.6 Å². The van der Waals surface area contributed by atoms with Gasteiger partial charge in [0.25, 0.3) is 0 Å². The van der Waals surface area contributed by atoms with Gasteiger partial charge in [0, 0.05) is 35.5 Å². The number of halogens is 1. The van der Waals surface area contributed by atoms with Crippen molar-refractivity contribution in [2.24, 2.45) is 5.92 Å². The molecule has 1 fully saturated rings. The van der Waals surface area contributed by atoms with Crippen molar-refractivity contribution < 1.29 is 14.0 Å². The Bertz CT molecular complexity index is 1040. The standard InChI is InChI=1S/C26H27BrN2O3/c27-22-9-7-20(8-10-22)24-12-11-23(32-24)18-28-26(31)21-14-16-29(17-15-21)25(30)13-6-19-4-2-1-3-5-19/h1-5,7-12,21H,6,13-18H2,(H,28,31). The summed E-state index contributed by atoms with van der Waals surface area (Å²) in [5.41, 5.74) is 2.17. The first-order chi connectivity index (χ1) is 15.6. The quantitative estimate of drug-likeness (QED) is 0.491. The maximum absolute atomic E-state index is 12.6. The van der Waals surface area contributed by atoms with Crippen molar-refractivity contribution in [2.75, 3.05) is 13.1 Å². The number of carbonyl (C=O) groups excluding carboxylic acids is 2. The van der Waals surface area contributed by atoms with Crippen LogP contribution in [0, 0.1) is 5.92 Å². The fraction of sp³-hybridized carbons (Fsp3) is 0.308. The number of nitrogens with zero attached hydrogens (tertiary/aromatic N) is 1. The smallest absolute Gasteiger partial charge is 0.223 e. The molecule has 2 aromatic carbocycles. The first-order valence-corrected chi connectivity index (χ1v) is 11.8. The molecule has 4 rings (SSSR count). The van der Waals surface area contributed by atoms with Gasteiger partial charge in [0.15, 0.2) is 0 Å². The maximum atomic E-state index is 12.6. The minimum Gasteiger partial charge on any atom is -0.459 e. The summed E-state index contributed by atoms with van der Waals surface area (Å²) in [7, 11) is 0. The van der Waals surface area contributed by atoms with E-state index in [1.807, 2.05) is 71.6 Å². The fourth-order valence-electron chi connectivity index (χ4n) is 4.01. The number of amides is 2. The molecule has 2 heterocycles. The molecule has 0 unspecified atom stereocenters. The summed E-state index contributed by atoms with van der Waals surface area (Å²) >= 11 is 3.43. The average molecular weight is 495 g/mol. The molecule has 1 saturated heterocycles. The molecule has 1 N–H and O–H groups in total. The highest BCUT2D eigenvalue weighted by Crippen LogP contribution is 2.24. The zero-order valence-electron chi connectivity index (χ0n) is 17.9. The summed E-state index contributed by atoms with van der Waals surface area (Å²) in [6, 6.07) is 21.8. The second-order valence-electron chi connectivity index (χ2n) is 8.13. The molecule has 1 aliphatic heterocycles. The van der Waals surface area contributed by atoms with E-state index in [0.717, 1.165) is 28.0 Å². The monoisotopic (exact) mass is 494 g/mol. The molecule has 0 spiro atoms. The van der Waals surface area contributed by atoms with Gasteiger partial charge in [0.05, 0.1) is 6.54 Å². The van der Waals surface area contributed by atoms with Gasteiger partial charge in [-0.25, -0.2) is 0 Å². The zero-order valence-corrected chi connectivity index (χ0v) is 19.5. The molecule has 1 aliphatic rings. The lowest BCUT2D eigenvalue weighted by molar-refractivity contribution is -0.135. The zero-order chi connectivity index (χ0) is 22.3. The van der Waals surface area contributed by atoms with Crippen molar-refractivity contribution in [1.29, 1.82) is 0 Å². The SMILES string of the molecule is O=C(NCc1ccc(-c2ccc(Br)cc2)o1)C1CCN(C(=O)CCc2ccccc2)CC1. The van der Waals surface area contributed by atoms with Crippen LogP contribution in [0.2, 0.25) is 0 Å². The Kier molecular flexibility index (Phi) is 7.43. The van der Waals surface area contributed by atoms with Crippen LogP contribution in [0.15, 0.2) is 75.6 Å². The molecule has 32 heavy (non-hydrogen) atoms. The largest absolute Gasteiger partial charge is 0.459 e. The predicted molar refractivity (Wildman–Crippen MR) is 128 cm³/mol. The molecule has 0 aliphatic carbocycles. The molecule has 1 aromatic heterocycles. The molecule has 6 heteroatoms. The second-order valence-corrected chi connectivity index (χ2v) is 9.05. The van der Waals surface area contributed by atoms with Crippen molar-refractivity contribution in [3.63, 3.8) is 0 Å². The van der Waals surface area contributed by atoms with E-state index in [4.69, 9.17) is 4.42 Å². The number of benzene rings is 2. The average Bonchev–Trinajstić information content (AvgIpc) is 3.31. The van der Waals surface area contributed by atoms with Crippen LogP contribution in [0.25, 0.3) is 11.3 Å². The normalized spacial score (nSPS) is 14.3. The third-order valence-corrected chi connectivity index (χ3v) is 6.44. The highest BCUT2D eigenvalue weighted by atomic mass is 79.9. The third-order valence-electron chi connectivity index (χ3n) is 5.92. The maximum Gasteiger partial charge on any atom is 0.223 e. The highest BCUT2D eigenvalue weighted by Gasteiger charge is 2.27. The van der Waals surface area contributed by atoms with E-state index in [9.17, 15) is 9.59 Å². The molecule has 3 aromatic rings. The van der Waals surface area contributed by atoms with Crippen molar-refractivity contribution in [3.8, 4) is 11.3 Å². The Morgan fingerprint density at radius 3 is 2.41 bits per heavy atom. The highest BCUT2D eigenvalue weighted by molar-refractivity contribution is 9.10. The van der Waals surface area contributed by atoms with Crippen LogP contribution in [0.4, 0.5) is 0 Å². The molecule has 0 saturated carbocycles. The Labute approximate surface area is 196 Å². The van der Waals surface area contributed by atoms with Gasteiger partial charge in [0.1, 0.15) is 11.5 Å². The lowest BCUT2D eigenvalue weighted by Crippen LogP contribution is -2.43. The second kappa shape index (κ2) is 10.6. The van der Waals surface area contributed by atoms with E-state index in [-0.39, 0.29) is 17.7 Å². The van der Waals surface area contributed by atoms with E-state index in [0.29, 0.717) is 38.9 Å². The van der Waals surface area contributed by atoms with Crippen molar-refractivity contribution in [1.82, 2.24) is 10.2 Å². The number of rotatable bonds is 7. The number of hydrogen-bond acceptors (Lipinski definition) is 3. The Morgan fingerprint density at radius 2 is 1.69 bits per heavy atom. The number of carbonyl (C=O) groups is 2. The van der Waals surface area contributed by atoms with Crippen LogP contribution in [0.5, 0.6) is 0 Å². The topological polar surface area (TPSA) is 62.6 Å². The molecule has 5 nitrogen and oxygen atoms in total. The minimum atomic E-state index is -0.0610. The number of likely N-dealkylation sites (tertiary alicyclic amines) is 1. The van der Waals surface area contributed by atoms with E-state index in [2.05, 4.69) is 21.2 Å². The van der Waals surface area contributed by atoms with E-state index < -0.39 is 0 Å². The van der Waals surface area contributed by atoms with Gasteiger partial charge in [-0.05, 0) is 49.1 Å². The van der Waals surface area contributed by atoms with Gasteiger partial charge >= 0.3 is 0 Å². The molecular formula is C26H27BrN2O3. The van der Waals surface area contributed by atoms with Gasteiger partial charge in [0.2, 0.25) is 11.8 Å². The Morgan fingerprint density at radius 1 is 0.969 bits per heavy atom. The molecule has 0 atom stereocenters. The lowest BCUT2D eigenvalue weighted by atomic mass is 9.95. The Balaban J connectivity index is 1.20. The summed E-state index contributed by atoms with van der Waals surface area (Å²) in [6.07, 6.45) is 2.67. The molecular weight excluding hydrogens is 468 g/mol. The molecule has 0 radical (unpaired) electrons. The van der Waals surface area contributed by atoms with Crippen LogP contribution in [0.3, 0.4) is 0 Å². The molecule has 0 bridgehead atoms. The van der Waals surface area contributed by atoms with Gasteiger partial charge in [-0.1, -0.05) is 58.4 Å². The van der Waals surface area contributed by atoms with Gasteiger partial charge in [-0.15, -0.1) is 0 Å². The third kappa shape index (κ3) is 5.88. The summed E-state index contributed by atoms with van der Waals surface area (Å²) in [5.74, 6) is 1.65. The number of nitrogens with one attached hydrogen (secondary N) is 1. The van der Waals surface area contributed by atoms with Gasteiger partial charge < -0.3 is 14.6 Å². The first-order valence-electron chi connectivity index (χ1n) is 11.0. The van der Waals surface area contributed by atoms with Crippen molar-refractivity contribution in [2.45, 2.75) is 32.2 Å². The van der Waals surface area contributed by atoms with E-state index in [1.54, 1.807) is 0 Å². The lowest BCUT2D eigenvalue weighted by Gasteiger charge is -2.31. The number of furan rings is 1. The van der Waals surface area contributed by atoms with Crippen molar-refractivity contribution in [3.05, 3.63) is 82.5 Å². The summed E-state index contributed by atoms with van der Waals surface area (Å²) in [5, 5.41) is 2.99. The first kappa shape index (κ1) is 22.3. The molecule has 166 valence electrons. The summed E-state index contributed by atoms with van der Waals surface area (Å²) < 4.78 is 6.89. The van der Waals surface area contributed by atoms with Crippen LogP contribution in [-0.4, -0.2) is 29.8 Å². The van der Waals surface area contributed by atoms with Gasteiger partial charge in [-0.2, -0.15) is 0 Å². The van der Waals surface area contributed by atoms with Crippen molar-refractivity contribution >= 4 is 27.7 Å². The fourth-order valence-corrected chi connectivity index (χ4v) is 4.27. The number of aryl methyl sites for hydroxylation is 1. The van der Waals surface area contributed by atoms with Crippen LogP contribution in [0.1, 0.15) is 30.6 Å². The Hall–Kier alpha value is -2.86. The minimum absolute atomic E-state index is 0.0305. The van der Waals surface area contributed by atoms with Crippen LogP contribution >= 0.6 is 15.9 Å².